The molecule has 1 N–H and O–H groups in total. The van der Waals surface area contributed by atoms with Crippen molar-refractivity contribution in [1.82, 2.24) is 0 Å². The van der Waals surface area contributed by atoms with E-state index >= 15 is 0 Å². The van der Waals surface area contributed by atoms with Crippen molar-refractivity contribution in [3.05, 3.63) is 59.2 Å². The van der Waals surface area contributed by atoms with E-state index in [4.69, 9.17) is 5.21 Å². The van der Waals surface area contributed by atoms with Crippen LogP contribution in [0.1, 0.15) is 37.0 Å². The normalized spacial score (nSPS) is 18.2. The Morgan fingerprint density at radius 1 is 1.00 bits per heavy atom. The molecule has 2 aromatic carbocycles. The fourth-order valence-corrected chi connectivity index (χ4v) is 2.98. The SMILES string of the molecule is Cc1ccc(-c2ccc3c(c2)C(C)(C)CC3=NO)cc1. The summed E-state index contributed by atoms with van der Waals surface area (Å²) in [6.45, 7) is 6.49. The quantitative estimate of drug-likeness (QED) is 0.596. The smallest absolute Gasteiger partial charge is 0.0879 e. The molecule has 0 saturated heterocycles. The van der Waals surface area contributed by atoms with Crippen molar-refractivity contribution in [2.24, 2.45) is 5.16 Å². The summed E-state index contributed by atoms with van der Waals surface area (Å²) < 4.78 is 0. The summed E-state index contributed by atoms with van der Waals surface area (Å²) in [6, 6.07) is 15.0. The molecule has 1 aliphatic carbocycles. The lowest BCUT2D eigenvalue weighted by Gasteiger charge is -2.18. The van der Waals surface area contributed by atoms with E-state index < -0.39 is 0 Å². The minimum Gasteiger partial charge on any atom is -0.411 e. The second-order valence-corrected chi connectivity index (χ2v) is 6.23. The molecule has 0 atom stereocenters. The molecule has 0 saturated carbocycles. The average molecular weight is 265 g/mol. The van der Waals surface area contributed by atoms with Gasteiger partial charge in [0, 0.05) is 12.0 Å². The molecule has 0 amide bonds. The molecule has 2 nitrogen and oxygen atoms in total. The first-order valence-electron chi connectivity index (χ1n) is 6.94. The van der Waals surface area contributed by atoms with Gasteiger partial charge in [-0.2, -0.15) is 0 Å². The lowest BCUT2D eigenvalue weighted by atomic mass is 9.85. The van der Waals surface area contributed by atoms with Crippen LogP contribution in [0.5, 0.6) is 0 Å². The largest absolute Gasteiger partial charge is 0.411 e. The molecular formula is C18H19NO. The van der Waals surface area contributed by atoms with Gasteiger partial charge in [0.05, 0.1) is 5.71 Å². The van der Waals surface area contributed by atoms with Gasteiger partial charge in [-0.25, -0.2) is 0 Å². The molecule has 3 rings (SSSR count). The van der Waals surface area contributed by atoms with E-state index in [1.807, 2.05) is 0 Å². The molecule has 0 aliphatic heterocycles. The molecule has 20 heavy (non-hydrogen) atoms. The van der Waals surface area contributed by atoms with Gasteiger partial charge >= 0.3 is 0 Å². The lowest BCUT2D eigenvalue weighted by molar-refractivity contribution is 0.317. The Hall–Kier alpha value is -2.09. The van der Waals surface area contributed by atoms with Gasteiger partial charge in [0.15, 0.2) is 0 Å². The maximum absolute atomic E-state index is 9.15. The number of oxime groups is 1. The molecule has 2 aromatic rings. The highest BCUT2D eigenvalue weighted by atomic mass is 16.4. The molecule has 1 aliphatic rings. The number of fused-ring (bicyclic) bond motifs is 1. The lowest BCUT2D eigenvalue weighted by Crippen LogP contribution is -2.12. The van der Waals surface area contributed by atoms with E-state index in [0.717, 1.165) is 17.7 Å². The van der Waals surface area contributed by atoms with Gasteiger partial charge in [0.1, 0.15) is 0 Å². The summed E-state index contributed by atoms with van der Waals surface area (Å²) >= 11 is 0. The molecule has 0 radical (unpaired) electrons. The number of rotatable bonds is 1. The zero-order chi connectivity index (χ0) is 14.3. The van der Waals surface area contributed by atoms with Crippen LogP contribution in [0.4, 0.5) is 0 Å². The summed E-state index contributed by atoms with van der Waals surface area (Å²) in [6.07, 6.45) is 0.788. The Bertz CT molecular complexity index is 681. The second-order valence-electron chi connectivity index (χ2n) is 6.23. The van der Waals surface area contributed by atoms with Crippen LogP contribution < -0.4 is 0 Å². The summed E-state index contributed by atoms with van der Waals surface area (Å²) in [4.78, 5) is 0. The summed E-state index contributed by atoms with van der Waals surface area (Å²) in [5.74, 6) is 0. The summed E-state index contributed by atoms with van der Waals surface area (Å²) in [5.41, 5.74) is 6.87. The van der Waals surface area contributed by atoms with Crippen LogP contribution in [-0.4, -0.2) is 10.9 Å². The molecule has 0 unspecified atom stereocenters. The fraction of sp³-hybridized carbons (Fsp3) is 0.278. The highest BCUT2D eigenvalue weighted by Crippen LogP contribution is 2.40. The first-order valence-corrected chi connectivity index (χ1v) is 6.94. The predicted octanol–water partition coefficient (Wildman–Crippen LogP) is 4.52. The van der Waals surface area contributed by atoms with Crippen LogP contribution >= 0.6 is 0 Å². The van der Waals surface area contributed by atoms with E-state index in [0.29, 0.717) is 0 Å². The molecule has 0 heterocycles. The number of benzene rings is 2. The summed E-state index contributed by atoms with van der Waals surface area (Å²) in [5, 5.41) is 12.6. The second kappa shape index (κ2) is 4.48. The minimum atomic E-state index is 0.0254. The number of aryl methyl sites for hydroxylation is 1. The van der Waals surface area contributed by atoms with Crippen LogP contribution in [-0.2, 0) is 5.41 Å². The number of nitrogens with zero attached hydrogens (tertiary/aromatic N) is 1. The van der Waals surface area contributed by atoms with Crippen molar-refractivity contribution >= 4 is 5.71 Å². The molecule has 2 heteroatoms. The van der Waals surface area contributed by atoms with Crippen LogP contribution in [0.2, 0.25) is 0 Å². The average Bonchev–Trinajstić information content (AvgIpc) is 2.71. The van der Waals surface area contributed by atoms with Gasteiger partial charge in [-0.1, -0.05) is 61.0 Å². The predicted molar refractivity (Wildman–Crippen MR) is 82.6 cm³/mol. The first-order chi connectivity index (χ1) is 9.51. The van der Waals surface area contributed by atoms with Crippen LogP contribution in [0.15, 0.2) is 47.6 Å². The minimum absolute atomic E-state index is 0.0254. The Kier molecular flexibility index (Phi) is 2.89. The van der Waals surface area contributed by atoms with Gasteiger partial charge in [-0.05, 0) is 35.1 Å². The molecule has 0 spiro atoms. The Morgan fingerprint density at radius 3 is 2.30 bits per heavy atom. The van der Waals surface area contributed by atoms with Gasteiger partial charge in [-0.3, -0.25) is 0 Å². The van der Waals surface area contributed by atoms with Crippen molar-refractivity contribution in [3.8, 4) is 11.1 Å². The van der Waals surface area contributed by atoms with Gasteiger partial charge in [-0.15, -0.1) is 0 Å². The van der Waals surface area contributed by atoms with Gasteiger partial charge in [0.2, 0.25) is 0 Å². The maximum atomic E-state index is 9.15. The topological polar surface area (TPSA) is 32.6 Å². The van der Waals surface area contributed by atoms with Crippen molar-refractivity contribution in [1.29, 1.82) is 0 Å². The zero-order valence-electron chi connectivity index (χ0n) is 12.1. The van der Waals surface area contributed by atoms with Crippen molar-refractivity contribution in [2.75, 3.05) is 0 Å². The number of hydrogen-bond donors (Lipinski definition) is 1. The molecule has 0 bridgehead atoms. The zero-order valence-corrected chi connectivity index (χ0v) is 12.1. The van der Waals surface area contributed by atoms with Gasteiger partial charge < -0.3 is 5.21 Å². The Labute approximate surface area is 119 Å². The molecule has 0 aromatic heterocycles. The highest BCUT2D eigenvalue weighted by Gasteiger charge is 2.34. The van der Waals surface area contributed by atoms with E-state index in [2.05, 4.69) is 68.4 Å². The third-order valence-electron chi connectivity index (χ3n) is 4.17. The van der Waals surface area contributed by atoms with E-state index in [1.54, 1.807) is 0 Å². The monoisotopic (exact) mass is 265 g/mol. The molecular weight excluding hydrogens is 246 g/mol. The van der Waals surface area contributed by atoms with Crippen molar-refractivity contribution < 1.29 is 5.21 Å². The molecule has 102 valence electrons. The Balaban J connectivity index is 2.12. The van der Waals surface area contributed by atoms with Gasteiger partial charge in [0.25, 0.3) is 0 Å². The van der Waals surface area contributed by atoms with E-state index in [9.17, 15) is 0 Å². The van der Waals surface area contributed by atoms with E-state index in [1.165, 1.54) is 22.3 Å². The van der Waals surface area contributed by atoms with Crippen LogP contribution in [0.25, 0.3) is 11.1 Å². The Morgan fingerprint density at radius 2 is 1.65 bits per heavy atom. The standard InChI is InChI=1S/C18H19NO/c1-12-4-6-13(7-5-12)14-8-9-15-16(10-14)18(2,3)11-17(15)19-20/h4-10,20H,11H2,1-3H3. The third kappa shape index (κ3) is 2.01. The van der Waals surface area contributed by atoms with Crippen LogP contribution in [0.3, 0.4) is 0 Å². The number of hydrogen-bond acceptors (Lipinski definition) is 2. The van der Waals surface area contributed by atoms with Crippen molar-refractivity contribution in [2.45, 2.75) is 32.6 Å². The summed E-state index contributed by atoms with van der Waals surface area (Å²) in [7, 11) is 0. The van der Waals surface area contributed by atoms with Crippen LogP contribution in [0, 0.1) is 6.92 Å². The maximum Gasteiger partial charge on any atom is 0.0879 e. The molecule has 0 fully saturated rings. The third-order valence-corrected chi connectivity index (χ3v) is 4.17. The van der Waals surface area contributed by atoms with Crippen molar-refractivity contribution in [3.63, 3.8) is 0 Å². The highest BCUT2D eigenvalue weighted by molar-refractivity contribution is 6.06. The first kappa shape index (κ1) is 12.9. The van der Waals surface area contributed by atoms with E-state index in [-0.39, 0.29) is 5.41 Å². The fourth-order valence-electron chi connectivity index (χ4n) is 2.98.